The van der Waals surface area contributed by atoms with Crippen LogP contribution in [-0.2, 0) is 6.42 Å². The molecule has 2 aromatic carbocycles. The number of benzene rings is 2. The molecule has 0 aliphatic carbocycles. The van der Waals surface area contributed by atoms with Gasteiger partial charge in [0.05, 0.1) is 0 Å². The Balaban J connectivity index is 0. The van der Waals surface area contributed by atoms with E-state index in [1.54, 1.807) is 0 Å². The average molecular weight is 370 g/mol. The Morgan fingerprint density at radius 3 is 2.13 bits per heavy atom. The summed E-state index contributed by atoms with van der Waals surface area (Å²) < 4.78 is 6.03. The number of ether oxygens (including phenoxy) is 1. The van der Waals surface area contributed by atoms with Crippen LogP contribution >= 0.6 is 0 Å². The number of hydrogen-bond acceptors (Lipinski definition) is 2. The molecule has 0 radical (unpaired) electrons. The van der Waals surface area contributed by atoms with Gasteiger partial charge in [0.15, 0.2) is 0 Å². The van der Waals surface area contributed by atoms with Crippen molar-refractivity contribution in [3.63, 3.8) is 0 Å². The zero-order chi connectivity index (χ0) is 13.2. The van der Waals surface area contributed by atoms with Gasteiger partial charge in [0.2, 0.25) is 0 Å². The van der Waals surface area contributed by atoms with Crippen molar-refractivity contribution in [3.8, 4) is 11.5 Å². The van der Waals surface area contributed by atoms with Gasteiger partial charge in [-0.1, -0.05) is 24.3 Å². The van der Waals surface area contributed by atoms with E-state index in [0.29, 0.717) is 0 Å². The van der Waals surface area contributed by atoms with Crippen molar-refractivity contribution in [2.75, 3.05) is 18.0 Å². The molecule has 2 nitrogen and oxygen atoms in total. The molecule has 1 heterocycles. The molecular formula is C17H19Cl2NNa2O. The van der Waals surface area contributed by atoms with E-state index in [2.05, 4.69) is 49.1 Å². The van der Waals surface area contributed by atoms with Crippen LogP contribution in [0.2, 0.25) is 0 Å². The van der Waals surface area contributed by atoms with Crippen molar-refractivity contribution in [1.29, 1.82) is 0 Å². The van der Waals surface area contributed by atoms with E-state index in [1.165, 1.54) is 16.8 Å². The Morgan fingerprint density at radius 2 is 1.48 bits per heavy atom. The molecule has 23 heavy (non-hydrogen) atoms. The van der Waals surface area contributed by atoms with Crippen LogP contribution in [0.15, 0.2) is 42.5 Å². The Hall–Kier alpha value is 0.620. The Bertz CT molecular complexity index is 607. The van der Waals surface area contributed by atoms with Crippen molar-refractivity contribution in [2.24, 2.45) is 0 Å². The molecule has 0 atom stereocenters. The number of hydrogen-bond donors (Lipinski definition) is 0. The summed E-state index contributed by atoms with van der Waals surface area (Å²) >= 11 is 0. The SMILES string of the molecule is CCN(CC)c1cccc2c1Cc1ccccc1O2.[Cl-].[Cl-].[Na+].[Na+]. The Labute approximate surface area is 195 Å². The second kappa shape index (κ2) is 12.1. The minimum atomic E-state index is 0. The largest absolute Gasteiger partial charge is 1.00 e. The van der Waals surface area contributed by atoms with Gasteiger partial charge >= 0.3 is 59.1 Å². The van der Waals surface area contributed by atoms with E-state index in [0.717, 1.165) is 31.0 Å². The van der Waals surface area contributed by atoms with Crippen LogP contribution in [0, 0.1) is 0 Å². The second-order valence-electron chi connectivity index (χ2n) is 4.81. The average Bonchev–Trinajstić information content (AvgIpc) is 2.46. The van der Waals surface area contributed by atoms with Crippen molar-refractivity contribution in [3.05, 3.63) is 53.6 Å². The van der Waals surface area contributed by atoms with Gasteiger partial charge in [0.1, 0.15) is 11.5 Å². The third-order valence-electron chi connectivity index (χ3n) is 3.77. The van der Waals surface area contributed by atoms with E-state index in [-0.39, 0.29) is 83.9 Å². The van der Waals surface area contributed by atoms with Gasteiger partial charge in [-0.25, -0.2) is 0 Å². The van der Waals surface area contributed by atoms with Crippen LogP contribution < -0.4 is 93.6 Å². The van der Waals surface area contributed by atoms with Gasteiger partial charge in [-0.3, -0.25) is 0 Å². The van der Waals surface area contributed by atoms with Crippen LogP contribution in [0.4, 0.5) is 5.69 Å². The fourth-order valence-corrected chi connectivity index (χ4v) is 2.75. The maximum Gasteiger partial charge on any atom is 1.00 e. The number of fused-ring (bicyclic) bond motifs is 2. The number of halogens is 2. The second-order valence-corrected chi connectivity index (χ2v) is 4.81. The molecule has 0 aromatic heterocycles. The molecule has 114 valence electrons. The Morgan fingerprint density at radius 1 is 0.870 bits per heavy atom. The predicted octanol–water partition coefficient (Wildman–Crippen LogP) is -7.75. The summed E-state index contributed by atoms with van der Waals surface area (Å²) in [4.78, 5) is 2.39. The quantitative estimate of drug-likeness (QED) is 0.425. The maximum atomic E-state index is 6.03. The third-order valence-corrected chi connectivity index (χ3v) is 3.77. The third kappa shape index (κ3) is 5.55. The van der Waals surface area contributed by atoms with Crippen LogP contribution in [-0.4, -0.2) is 13.1 Å². The number of rotatable bonds is 3. The number of anilines is 1. The van der Waals surface area contributed by atoms with Gasteiger partial charge in [-0.15, -0.1) is 0 Å². The van der Waals surface area contributed by atoms with Gasteiger partial charge in [0.25, 0.3) is 0 Å². The number of para-hydroxylation sites is 1. The first kappa shape index (κ1) is 25.9. The molecule has 0 N–H and O–H groups in total. The van der Waals surface area contributed by atoms with E-state index >= 15 is 0 Å². The monoisotopic (exact) mass is 369 g/mol. The van der Waals surface area contributed by atoms with Crippen molar-refractivity contribution < 1.29 is 88.7 Å². The molecule has 6 heteroatoms. The van der Waals surface area contributed by atoms with Crippen LogP contribution in [0.5, 0.6) is 11.5 Å². The van der Waals surface area contributed by atoms with E-state index < -0.39 is 0 Å². The molecule has 0 unspecified atom stereocenters. The predicted molar refractivity (Wildman–Crippen MR) is 79.3 cm³/mol. The van der Waals surface area contributed by atoms with E-state index in [1.807, 2.05) is 12.1 Å². The summed E-state index contributed by atoms with van der Waals surface area (Å²) in [5, 5.41) is 0. The zero-order valence-electron chi connectivity index (χ0n) is 14.3. The van der Waals surface area contributed by atoms with Crippen molar-refractivity contribution in [1.82, 2.24) is 0 Å². The first-order valence-corrected chi connectivity index (χ1v) is 6.96. The summed E-state index contributed by atoms with van der Waals surface area (Å²) in [5.74, 6) is 2.00. The van der Waals surface area contributed by atoms with Gasteiger partial charge in [-0.2, -0.15) is 0 Å². The van der Waals surface area contributed by atoms with Gasteiger partial charge in [0, 0.05) is 30.8 Å². The summed E-state index contributed by atoms with van der Waals surface area (Å²) in [7, 11) is 0. The molecule has 3 rings (SSSR count). The first-order valence-electron chi connectivity index (χ1n) is 6.96. The van der Waals surface area contributed by atoms with E-state index in [9.17, 15) is 0 Å². The fourth-order valence-electron chi connectivity index (χ4n) is 2.75. The molecule has 0 saturated heterocycles. The molecular weight excluding hydrogens is 351 g/mol. The van der Waals surface area contributed by atoms with Crippen LogP contribution in [0.3, 0.4) is 0 Å². The van der Waals surface area contributed by atoms with Crippen LogP contribution in [0.25, 0.3) is 0 Å². The van der Waals surface area contributed by atoms with E-state index in [4.69, 9.17) is 4.74 Å². The summed E-state index contributed by atoms with van der Waals surface area (Å²) in [6.45, 7) is 6.43. The molecule has 0 amide bonds. The summed E-state index contributed by atoms with van der Waals surface area (Å²) in [6.07, 6.45) is 0.957. The Kier molecular flexibility index (Phi) is 13.5. The van der Waals surface area contributed by atoms with Crippen molar-refractivity contribution >= 4 is 5.69 Å². The van der Waals surface area contributed by atoms with Gasteiger partial charge < -0.3 is 34.5 Å². The summed E-state index contributed by atoms with van der Waals surface area (Å²) in [6, 6.07) is 14.6. The normalized spacial score (nSPS) is 10.2. The first-order chi connectivity index (χ1) is 9.33. The number of nitrogens with zero attached hydrogens (tertiary/aromatic N) is 1. The van der Waals surface area contributed by atoms with Crippen molar-refractivity contribution in [2.45, 2.75) is 20.3 Å². The smallest absolute Gasteiger partial charge is 1.00 e. The maximum absolute atomic E-state index is 6.03. The molecule has 2 aromatic rings. The summed E-state index contributed by atoms with van der Waals surface area (Å²) in [5.41, 5.74) is 3.89. The molecule has 1 aliphatic heterocycles. The molecule has 0 fully saturated rings. The molecule has 0 bridgehead atoms. The van der Waals surface area contributed by atoms with Gasteiger partial charge in [-0.05, 0) is 37.6 Å². The standard InChI is InChI=1S/C17H19NO.2ClH.2Na/c1-3-18(4-2)15-9-7-11-17-14(15)12-13-8-5-6-10-16(13)19-17;;;;/h5-11H,3-4,12H2,1-2H3;2*1H;;/q;;;2*+1/p-2. The molecule has 0 saturated carbocycles. The topological polar surface area (TPSA) is 12.5 Å². The minimum Gasteiger partial charge on any atom is -1.00 e. The molecule has 0 spiro atoms. The zero-order valence-corrected chi connectivity index (χ0v) is 19.8. The fraction of sp³-hybridized carbons (Fsp3) is 0.294. The molecule has 1 aliphatic rings. The van der Waals surface area contributed by atoms with Crippen LogP contribution in [0.1, 0.15) is 25.0 Å². The minimum absolute atomic E-state index is 0.